The van der Waals surface area contributed by atoms with Gasteiger partial charge in [-0.2, -0.15) is 11.8 Å². The number of oxazole rings is 1. The van der Waals surface area contributed by atoms with E-state index in [0.717, 1.165) is 12.2 Å². The maximum Gasteiger partial charge on any atom is 0.421 e. The van der Waals surface area contributed by atoms with Gasteiger partial charge in [-0.3, -0.25) is 4.57 Å². The molecule has 0 aromatic carbocycles. The molecule has 0 aliphatic rings. The molecule has 0 aliphatic carbocycles. The maximum absolute atomic E-state index is 11.5. The second kappa shape index (κ2) is 4.53. The zero-order valence-electron chi connectivity index (χ0n) is 8.47. The predicted molar refractivity (Wildman–Crippen MR) is 61.3 cm³/mol. The van der Waals surface area contributed by atoms with E-state index in [1.807, 2.05) is 0 Å². The summed E-state index contributed by atoms with van der Waals surface area (Å²) in [5, 5.41) is 0. The third-order valence-corrected chi connectivity index (χ3v) is 2.85. The average molecular weight is 224 g/mol. The highest BCUT2D eigenvalue weighted by molar-refractivity contribution is 7.98. The Bertz CT molecular complexity index is 503. The second-order valence-electron chi connectivity index (χ2n) is 3.19. The van der Waals surface area contributed by atoms with Crippen molar-refractivity contribution in [3.8, 4) is 0 Å². The van der Waals surface area contributed by atoms with Crippen LogP contribution in [0.4, 0.5) is 0 Å². The molecule has 0 radical (unpaired) electrons. The van der Waals surface area contributed by atoms with E-state index in [4.69, 9.17) is 4.42 Å². The largest absolute Gasteiger partial charge is 0.421 e. The fourth-order valence-corrected chi connectivity index (χ4v) is 1.88. The monoisotopic (exact) mass is 224 g/mol. The molecule has 15 heavy (non-hydrogen) atoms. The van der Waals surface area contributed by atoms with Gasteiger partial charge in [-0.05, 0) is 30.6 Å². The Morgan fingerprint density at radius 1 is 1.60 bits per heavy atom. The first-order valence-corrected chi connectivity index (χ1v) is 6.15. The van der Waals surface area contributed by atoms with Gasteiger partial charge in [0, 0.05) is 12.7 Å². The Labute approximate surface area is 91.3 Å². The van der Waals surface area contributed by atoms with Crippen molar-refractivity contribution in [3.63, 3.8) is 0 Å². The molecule has 0 atom stereocenters. The summed E-state index contributed by atoms with van der Waals surface area (Å²) in [4.78, 5) is 15.6. The van der Waals surface area contributed by atoms with Crippen LogP contribution in [0.1, 0.15) is 6.42 Å². The predicted octanol–water partition coefficient (Wildman–Crippen LogP) is 1.74. The molecule has 2 rings (SSSR count). The number of hydrogen-bond acceptors (Lipinski definition) is 4. The lowest BCUT2D eigenvalue weighted by Gasteiger charge is -1.99. The molecule has 4 nitrogen and oxygen atoms in total. The van der Waals surface area contributed by atoms with Gasteiger partial charge in [-0.15, -0.1) is 0 Å². The first-order valence-electron chi connectivity index (χ1n) is 4.76. The van der Waals surface area contributed by atoms with Crippen LogP contribution in [0.3, 0.4) is 0 Å². The molecular weight excluding hydrogens is 212 g/mol. The minimum absolute atomic E-state index is 0.315. The standard InChI is InChI=1S/C10H12N2O2S/c1-15-7-3-6-12-9-8(14-10(12)13)4-2-5-11-9/h2,4-5H,3,6-7H2,1H3. The molecule has 2 heterocycles. The van der Waals surface area contributed by atoms with E-state index >= 15 is 0 Å². The first-order chi connectivity index (χ1) is 7.33. The van der Waals surface area contributed by atoms with Crippen LogP contribution < -0.4 is 5.76 Å². The van der Waals surface area contributed by atoms with Crippen molar-refractivity contribution in [3.05, 3.63) is 28.9 Å². The summed E-state index contributed by atoms with van der Waals surface area (Å²) in [5.41, 5.74) is 1.20. The lowest BCUT2D eigenvalue weighted by Crippen LogP contribution is -2.15. The van der Waals surface area contributed by atoms with Gasteiger partial charge in [0.1, 0.15) is 0 Å². The summed E-state index contributed by atoms with van der Waals surface area (Å²) >= 11 is 1.77. The highest BCUT2D eigenvalue weighted by Gasteiger charge is 2.08. The maximum atomic E-state index is 11.5. The van der Waals surface area contributed by atoms with E-state index in [1.54, 1.807) is 34.7 Å². The van der Waals surface area contributed by atoms with Crippen LogP contribution in [0.2, 0.25) is 0 Å². The fourth-order valence-electron chi connectivity index (χ4n) is 1.46. The van der Waals surface area contributed by atoms with Crippen molar-refractivity contribution in [1.29, 1.82) is 0 Å². The van der Waals surface area contributed by atoms with Gasteiger partial charge in [0.15, 0.2) is 11.2 Å². The molecule has 0 amide bonds. The van der Waals surface area contributed by atoms with Crippen molar-refractivity contribution in [2.45, 2.75) is 13.0 Å². The van der Waals surface area contributed by atoms with E-state index in [-0.39, 0.29) is 5.76 Å². The number of hydrogen-bond donors (Lipinski definition) is 0. The minimum Gasteiger partial charge on any atom is -0.406 e. The number of thioether (sulfide) groups is 1. The molecule has 0 saturated carbocycles. The van der Waals surface area contributed by atoms with Gasteiger partial charge in [-0.25, -0.2) is 9.78 Å². The van der Waals surface area contributed by atoms with Crippen LogP contribution in [0.15, 0.2) is 27.5 Å². The first kappa shape index (κ1) is 10.3. The van der Waals surface area contributed by atoms with Gasteiger partial charge in [0.2, 0.25) is 0 Å². The van der Waals surface area contributed by atoms with Crippen molar-refractivity contribution in [1.82, 2.24) is 9.55 Å². The van der Waals surface area contributed by atoms with Crippen LogP contribution in [0, 0.1) is 0 Å². The molecule has 0 unspecified atom stereocenters. The summed E-state index contributed by atoms with van der Waals surface area (Å²) in [6.07, 6.45) is 4.67. The quantitative estimate of drug-likeness (QED) is 0.742. The molecule has 0 N–H and O–H groups in total. The Hall–Kier alpha value is -1.23. The summed E-state index contributed by atoms with van der Waals surface area (Å²) in [7, 11) is 0. The number of rotatable bonds is 4. The lowest BCUT2D eigenvalue weighted by atomic mass is 10.4. The van der Waals surface area contributed by atoms with Crippen molar-refractivity contribution >= 4 is 23.0 Å². The Morgan fingerprint density at radius 3 is 3.27 bits per heavy atom. The number of aryl methyl sites for hydroxylation is 1. The summed E-state index contributed by atoms with van der Waals surface area (Å²) in [6.45, 7) is 0.670. The van der Waals surface area contributed by atoms with E-state index in [9.17, 15) is 4.79 Å². The Balaban J connectivity index is 2.33. The molecule has 2 aromatic heterocycles. The van der Waals surface area contributed by atoms with E-state index in [2.05, 4.69) is 11.2 Å². The number of fused-ring (bicyclic) bond motifs is 1. The number of nitrogens with zero attached hydrogens (tertiary/aromatic N) is 2. The Morgan fingerprint density at radius 2 is 2.47 bits per heavy atom. The average Bonchev–Trinajstić information content (AvgIpc) is 2.56. The molecule has 80 valence electrons. The van der Waals surface area contributed by atoms with Crippen LogP contribution in [0.25, 0.3) is 11.2 Å². The summed E-state index contributed by atoms with van der Waals surface area (Å²) in [5.74, 6) is 0.719. The fraction of sp³-hybridized carbons (Fsp3) is 0.400. The summed E-state index contributed by atoms with van der Waals surface area (Å²) in [6, 6.07) is 3.52. The van der Waals surface area contributed by atoms with Crippen LogP contribution in [0.5, 0.6) is 0 Å². The minimum atomic E-state index is -0.315. The molecular formula is C10H12N2O2S. The van der Waals surface area contributed by atoms with E-state index in [1.165, 1.54) is 0 Å². The van der Waals surface area contributed by atoms with Crippen molar-refractivity contribution in [2.75, 3.05) is 12.0 Å². The molecule has 5 heteroatoms. The molecule has 0 fully saturated rings. The zero-order chi connectivity index (χ0) is 10.7. The van der Waals surface area contributed by atoms with Gasteiger partial charge in [-0.1, -0.05) is 0 Å². The topological polar surface area (TPSA) is 48.0 Å². The normalized spacial score (nSPS) is 11.0. The van der Waals surface area contributed by atoms with Gasteiger partial charge in [0.05, 0.1) is 0 Å². The third kappa shape index (κ3) is 2.07. The van der Waals surface area contributed by atoms with Crippen LogP contribution in [-0.2, 0) is 6.54 Å². The lowest BCUT2D eigenvalue weighted by molar-refractivity contribution is 0.503. The molecule has 0 spiro atoms. The molecule has 0 bridgehead atoms. The molecule has 0 saturated heterocycles. The molecule has 2 aromatic rings. The van der Waals surface area contributed by atoms with Crippen molar-refractivity contribution < 1.29 is 4.42 Å². The van der Waals surface area contributed by atoms with E-state index in [0.29, 0.717) is 17.8 Å². The zero-order valence-corrected chi connectivity index (χ0v) is 9.29. The smallest absolute Gasteiger partial charge is 0.406 e. The SMILES string of the molecule is CSCCCn1c(=O)oc2cccnc21. The summed E-state index contributed by atoms with van der Waals surface area (Å²) < 4.78 is 6.66. The van der Waals surface area contributed by atoms with E-state index < -0.39 is 0 Å². The number of pyridine rings is 1. The van der Waals surface area contributed by atoms with Crippen LogP contribution in [-0.4, -0.2) is 21.6 Å². The number of aromatic nitrogens is 2. The molecule has 0 aliphatic heterocycles. The van der Waals surface area contributed by atoms with Gasteiger partial charge >= 0.3 is 5.76 Å². The third-order valence-electron chi connectivity index (χ3n) is 2.15. The highest BCUT2D eigenvalue weighted by atomic mass is 32.2. The second-order valence-corrected chi connectivity index (χ2v) is 4.18. The van der Waals surface area contributed by atoms with Gasteiger partial charge in [0.25, 0.3) is 0 Å². The highest BCUT2D eigenvalue weighted by Crippen LogP contribution is 2.09. The van der Waals surface area contributed by atoms with Crippen molar-refractivity contribution in [2.24, 2.45) is 0 Å². The van der Waals surface area contributed by atoms with Crippen LogP contribution >= 0.6 is 11.8 Å². The Kier molecular flexibility index (Phi) is 3.11. The van der Waals surface area contributed by atoms with Gasteiger partial charge < -0.3 is 4.42 Å².